The zero-order chi connectivity index (χ0) is 13.2. The molecule has 0 atom stereocenters. The van der Waals surface area contributed by atoms with Crippen LogP contribution < -0.4 is 11.1 Å². The number of amides is 1. The molecule has 0 bridgehead atoms. The maximum atomic E-state index is 12.0. The van der Waals surface area contributed by atoms with Crippen LogP contribution in [0.5, 0.6) is 0 Å². The summed E-state index contributed by atoms with van der Waals surface area (Å²) in [7, 11) is 2.04. The van der Waals surface area contributed by atoms with E-state index in [9.17, 15) is 4.79 Å². The lowest BCUT2D eigenvalue weighted by Gasteiger charge is -2.40. The Labute approximate surface area is 111 Å². The fourth-order valence-corrected chi connectivity index (χ4v) is 2.38. The van der Waals surface area contributed by atoms with Gasteiger partial charge in [0.05, 0.1) is 16.8 Å². The van der Waals surface area contributed by atoms with E-state index < -0.39 is 5.54 Å². The summed E-state index contributed by atoms with van der Waals surface area (Å²) >= 11 is 5.13. The minimum atomic E-state index is -0.592. The molecule has 1 aromatic rings. The van der Waals surface area contributed by atoms with Crippen LogP contribution in [-0.2, 0) is 0 Å². The minimum absolute atomic E-state index is 0.266. The quantitative estimate of drug-likeness (QED) is 0.791. The highest BCUT2D eigenvalue weighted by molar-refractivity contribution is 7.80. The van der Waals surface area contributed by atoms with Gasteiger partial charge in [-0.15, -0.1) is 0 Å². The number of nitrogens with two attached hydrogens (primary N) is 1. The van der Waals surface area contributed by atoms with E-state index in [0.717, 1.165) is 25.9 Å². The zero-order valence-electron chi connectivity index (χ0n) is 10.3. The molecule has 1 amide bonds. The maximum Gasteiger partial charge on any atom is 0.287 e. The smallest absolute Gasteiger partial charge is 0.287 e. The Hall–Kier alpha value is -1.40. The lowest BCUT2D eigenvalue weighted by molar-refractivity contribution is 0.0862. The number of furan rings is 1. The molecule has 3 N–H and O–H groups in total. The SMILES string of the molecule is CN1CCC(NC(=O)c2ccco2)(C(N)=S)CC1. The summed E-state index contributed by atoms with van der Waals surface area (Å²) in [4.78, 5) is 14.6. The zero-order valence-corrected chi connectivity index (χ0v) is 11.1. The maximum absolute atomic E-state index is 12.0. The first-order valence-electron chi connectivity index (χ1n) is 5.88. The van der Waals surface area contributed by atoms with E-state index in [2.05, 4.69) is 10.2 Å². The minimum Gasteiger partial charge on any atom is -0.459 e. The van der Waals surface area contributed by atoms with E-state index in [1.807, 2.05) is 7.05 Å². The van der Waals surface area contributed by atoms with Gasteiger partial charge in [0.25, 0.3) is 5.91 Å². The summed E-state index contributed by atoms with van der Waals surface area (Å²) in [6.07, 6.45) is 2.92. The molecule has 0 spiro atoms. The molecule has 0 aliphatic carbocycles. The average molecular weight is 267 g/mol. The highest BCUT2D eigenvalue weighted by atomic mass is 32.1. The molecule has 2 rings (SSSR count). The van der Waals surface area contributed by atoms with Crippen LogP contribution in [0.1, 0.15) is 23.4 Å². The van der Waals surface area contributed by atoms with Crippen molar-refractivity contribution in [1.82, 2.24) is 10.2 Å². The first kappa shape index (κ1) is 13.0. The summed E-state index contributed by atoms with van der Waals surface area (Å²) < 4.78 is 5.08. The number of thiocarbonyl (C=S) groups is 1. The van der Waals surface area contributed by atoms with Gasteiger partial charge in [0.15, 0.2) is 5.76 Å². The standard InChI is InChI=1S/C12H17N3O2S/c1-15-6-4-12(5-7-15,11(13)18)14-10(16)9-3-2-8-17-9/h2-3,8H,4-7H2,1H3,(H2,13,18)(H,14,16). The van der Waals surface area contributed by atoms with Gasteiger partial charge in [0.2, 0.25) is 0 Å². The summed E-state index contributed by atoms with van der Waals surface area (Å²) in [6, 6.07) is 3.30. The van der Waals surface area contributed by atoms with Gasteiger partial charge in [0, 0.05) is 13.1 Å². The Morgan fingerprint density at radius 1 is 1.56 bits per heavy atom. The van der Waals surface area contributed by atoms with Gasteiger partial charge in [-0.05, 0) is 32.0 Å². The van der Waals surface area contributed by atoms with Crippen LogP contribution in [-0.4, -0.2) is 41.5 Å². The number of rotatable bonds is 3. The average Bonchev–Trinajstić information content (AvgIpc) is 2.85. The van der Waals surface area contributed by atoms with Gasteiger partial charge in [-0.3, -0.25) is 4.79 Å². The van der Waals surface area contributed by atoms with Crippen molar-refractivity contribution in [3.8, 4) is 0 Å². The number of carbonyl (C=O) groups is 1. The van der Waals surface area contributed by atoms with Gasteiger partial charge in [0.1, 0.15) is 0 Å². The van der Waals surface area contributed by atoms with E-state index >= 15 is 0 Å². The molecule has 98 valence electrons. The van der Waals surface area contributed by atoms with E-state index in [1.54, 1.807) is 12.1 Å². The second-order valence-electron chi connectivity index (χ2n) is 4.68. The van der Waals surface area contributed by atoms with Crippen molar-refractivity contribution in [1.29, 1.82) is 0 Å². The number of hydrogen-bond donors (Lipinski definition) is 2. The molecule has 18 heavy (non-hydrogen) atoms. The van der Waals surface area contributed by atoms with Crippen molar-refractivity contribution in [2.75, 3.05) is 20.1 Å². The Bertz CT molecular complexity index is 436. The van der Waals surface area contributed by atoms with Crippen molar-refractivity contribution >= 4 is 23.1 Å². The van der Waals surface area contributed by atoms with Crippen LogP contribution in [0.3, 0.4) is 0 Å². The topological polar surface area (TPSA) is 71.5 Å². The fraction of sp³-hybridized carbons (Fsp3) is 0.500. The monoisotopic (exact) mass is 267 g/mol. The van der Waals surface area contributed by atoms with Gasteiger partial charge < -0.3 is 20.4 Å². The van der Waals surface area contributed by atoms with Crippen LogP contribution in [0.15, 0.2) is 22.8 Å². The Morgan fingerprint density at radius 2 is 2.22 bits per heavy atom. The molecule has 1 aliphatic rings. The summed E-state index contributed by atoms with van der Waals surface area (Å²) in [5.74, 6) is 0.0157. The molecule has 1 aliphatic heterocycles. The van der Waals surface area contributed by atoms with Gasteiger partial charge in [-0.2, -0.15) is 0 Å². The van der Waals surface area contributed by atoms with Crippen LogP contribution >= 0.6 is 12.2 Å². The van der Waals surface area contributed by atoms with E-state index in [0.29, 0.717) is 4.99 Å². The number of likely N-dealkylation sites (tertiary alicyclic amines) is 1. The molecule has 0 saturated carbocycles. The van der Waals surface area contributed by atoms with Crippen molar-refractivity contribution < 1.29 is 9.21 Å². The third-order valence-electron chi connectivity index (χ3n) is 3.41. The highest BCUT2D eigenvalue weighted by Crippen LogP contribution is 2.22. The Balaban J connectivity index is 2.12. The van der Waals surface area contributed by atoms with Crippen LogP contribution in [0, 0.1) is 0 Å². The van der Waals surface area contributed by atoms with E-state index in [1.165, 1.54) is 6.26 Å². The second-order valence-corrected chi connectivity index (χ2v) is 5.12. The molecular weight excluding hydrogens is 250 g/mol. The molecule has 1 aromatic heterocycles. The second kappa shape index (κ2) is 5.07. The molecule has 0 radical (unpaired) electrons. The van der Waals surface area contributed by atoms with Crippen molar-refractivity contribution in [3.63, 3.8) is 0 Å². The molecule has 0 unspecified atom stereocenters. The van der Waals surface area contributed by atoms with Crippen LogP contribution in [0.2, 0.25) is 0 Å². The summed E-state index contributed by atoms with van der Waals surface area (Å²) in [6.45, 7) is 1.71. The van der Waals surface area contributed by atoms with Crippen molar-refractivity contribution in [2.45, 2.75) is 18.4 Å². The Morgan fingerprint density at radius 3 is 2.72 bits per heavy atom. The number of nitrogens with one attached hydrogen (secondary N) is 1. The van der Waals surface area contributed by atoms with Crippen LogP contribution in [0.4, 0.5) is 0 Å². The third-order valence-corrected chi connectivity index (χ3v) is 3.80. The number of nitrogens with zero attached hydrogens (tertiary/aromatic N) is 1. The molecular formula is C12H17N3O2S. The highest BCUT2D eigenvalue weighted by Gasteiger charge is 2.38. The molecule has 2 heterocycles. The molecule has 6 heteroatoms. The number of piperidine rings is 1. The normalized spacial score (nSPS) is 19.4. The van der Waals surface area contributed by atoms with E-state index in [4.69, 9.17) is 22.4 Å². The summed E-state index contributed by atoms with van der Waals surface area (Å²) in [5.41, 5.74) is 5.23. The predicted octanol–water partition coefficient (Wildman–Crippen LogP) is 0.760. The first-order chi connectivity index (χ1) is 8.53. The van der Waals surface area contributed by atoms with Crippen molar-refractivity contribution in [3.05, 3.63) is 24.2 Å². The van der Waals surface area contributed by atoms with E-state index in [-0.39, 0.29) is 11.7 Å². The molecule has 1 fully saturated rings. The largest absolute Gasteiger partial charge is 0.459 e. The lowest BCUT2D eigenvalue weighted by atomic mass is 9.87. The first-order valence-corrected chi connectivity index (χ1v) is 6.29. The van der Waals surface area contributed by atoms with Gasteiger partial charge in [-0.25, -0.2) is 0 Å². The lowest BCUT2D eigenvalue weighted by Crippen LogP contribution is -2.61. The van der Waals surface area contributed by atoms with Gasteiger partial charge in [-0.1, -0.05) is 12.2 Å². The number of hydrogen-bond acceptors (Lipinski definition) is 4. The predicted molar refractivity (Wildman–Crippen MR) is 72.4 cm³/mol. The fourth-order valence-electron chi connectivity index (χ4n) is 2.12. The molecule has 5 nitrogen and oxygen atoms in total. The summed E-state index contributed by atoms with van der Waals surface area (Å²) in [5, 5.41) is 2.93. The van der Waals surface area contributed by atoms with Crippen molar-refractivity contribution in [2.24, 2.45) is 5.73 Å². The van der Waals surface area contributed by atoms with Crippen LogP contribution in [0.25, 0.3) is 0 Å². The third kappa shape index (κ3) is 2.54. The molecule has 1 saturated heterocycles. The molecule has 0 aromatic carbocycles. The van der Waals surface area contributed by atoms with Gasteiger partial charge >= 0.3 is 0 Å². The Kier molecular flexibility index (Phi) is 3.68. The number of carbonyl (C=O) groups excluding carboxylic acids is 1.